The van der Waals surface area contributed by atoms with Crippen molar-refractivity contribution in [1.29, 1.82) is 0 Å². The molecule has 0 unspecified atom stereocenters. The highest BCUT2D eigenvalue weighted by Crippen LogP contribution is 2.22. The number of nitrogens with two attached hydrogens (primary N) is 1. The Morgan fingerprint density at radius 3 is 2.64 bits per heavy atom. The lowest BCUT2D eigenvalue weighted by atomic mass is 10.1. The van der Waals surface area contributed by atoms with Gasteiger partial charge < -0.3 is 25.4 Å². The number of amides is 2. The van der Waals surface area contributed by atoms with E-state index >= 15 is 0 Å². The highest BCUT2D eigenvalue weighted by atomic mass is 19.1. The Balaban J connectivity index is 1.83. The maximum Gasteiger partial charge on any atom is 0.338 e. The van der Waals surface area contributed by atoms with Gasteiger partial charge in [-0.25, -0.2) is 14.2 Å². The maximum absolute atomic E-state index is 12.8. The van der Waals surface area contributed by atoms with Crippen LogP contribution in [-0.4, -0.2) is 64.1 Å². The molecule has 0 aromatic heterocycles. The number of hydrogen-bond acceptors (Lipinski definition) is 6. The molecule has 2 rings (SSSR count). The van der Waals surface area contributed by atoms with Gasteiger partial charge >= 0.3 is 6.03 Å². The fourth-order valence-electron chi connectivity index (χ4n) is 2.16. The van der Waals surface area contributed by atoms with Gasteiger partial charge in [0.05, 0.1) is 6.54 Å². The summed E-state index contributed by atoms with van der Waals surface area (Å²) >= 11 is 0. The molecule has 9 heteroatoms. The second-order valence-electron chi connectivity index (χ2n) is 5.37. The van der Waals surface area contributed by atoms with Crippen molar-refractivity contribution in [3.05, 3.63) is 30.1 Å². The summed E-state index contributed by atoms with van der Waals surface area (Å²) in [6.07, 6.45) is -4.05. The van der Waals surface area contributed by atoms with Crippen LogP contribution < -0.4 is 10.5 Å². The van der Waals surface area contributed by atoms with Crippen LogP contribution >= 0.6 is 0 Å². The molecule has 1 aromatic rings. The van der Waals surface area contributed by atoms with Crippen LogP contribution in [0.25, 0.3) is 0 Å². The molecule has 0 spiro atoms. The van der Waals surface area contributed by atoms with E-state index < -0.39 is 36.3 Å². The fourth-order valence-corrected chi connectivity index (χ4v) is 2.16. The number of aliphatic hydroxyl groups is 2. The number of ether oxygens (including phenoxy) is 2. The Morgan fingerprint density at radius 2 is 2.00 bits per heavy atom. The number of hydroxylamine groups is 2. The van der Waals surface area contributed by atoms with Crippen LogP contribution in [0.5, 0.6) is 5.75 Å². The summed E-state index contributed by atoms with van der Waals surface area (Å²) in [7, 11) is 0. The molecule has 0 radical (unpaired) electrons. The minimum atomic E-state index is -1.23. The number of primary amides is 1. The molecule has 1 aliphatic rings. The number of carbonyl (C=O) groups excluding carboxylic acids is 1. The van der Waals surface area contributed by atoms with Crippen molar-refractivity contribution in [2.24, 2.45) is 5.73 Å². The molecule has 0 bridgehead atoms. The standard InChI is InChI=1S/C16H19FN2O6/c17-10-4-6-11(7-5-10)24-9-13-15(21)14(20)12(25-13)3-1-2-8-19(23)16(18)22/h4-7,12-15,20-21,23H,2,8-9H2,(H2,18,22)/t12-,13-,14-,15+/m1/s1. The van der Waals surface area contributed by atoms with E-state index in [0.717, 1.165) is 0 Å². The van der Waals surface area contributed by atoms with Gasteiger partial charge in [0.1, 0.15) is 42.6 Å². The number of hydrogen-bond donors (Lipinski definition) is 4. The maximum atomic E-state index is 12.8. The minimum Gasteiger partial charge on any atom is -0.491 e. The molecule has 25 heavy (non-hydrogen) atoms. The fraction of sp³-hybridized carbons (Fsp3) is 0.438. The topological polar surface area (TPSA) is 125 Å². The van der Waals surface area contributed by atoms with E-state index in [-0.39, 0.29) is 19.6 Å². The molecular formula is C16H19FN2O6. The van der Waals surface area contributed by atoms with E-state index in [9.17, 15) is 19.4 Å². The Hall–Kier alpha value is -2.38. The van der Waals surface area contributed by atoms with E-state index in [0.29, 0.717) is 10.8 Å². The van der Waals surface area contributed by atoms with Crippen LogP contribution in [0.4, 0.5) is 9.18 Å². The lowest BCUT2D eigenvalue weighted by molar-refractivity contribution is -0.0373. The Kier molecular flexibility index (Phi) is 6.55. The van der Waals surface area contributed by atoms with Gasteiger partial charge in [-0.15, -0.1) is 0 Å². The van der Waals surface area contributed by atoms with Crippen LogP contribution in [-0.2, 0) is 4.74 Å². The van der Waals surface area contributed by atoms with Gasteiger partial charge in [0, 0.05) is 6.42 Å². The summed E-state index contributed by atoms with van der Waals surface area (Å²) in [5.41, 5.74) is 4.84. The molecule has 1 saturated heterocycles. The summed E-state index contributed by atoms with van der Waals surface area (Å²) < 4.78 is 23.7. The highest BCUT2D eigenvalue weighted by Gasteiger charge is 2.42. The monoisotopic (exact) mass is 354 g/mol. The predicted octanol–water partition coefficient (Wildman–Crippen LogP) is -0.143. The van der Waals surface area contributed by atoms with Gasteiger partial charge in [0.2, 0.25) is 0 Å². The smallest absolute Gasteiger partial charge is 0.338 e. The van der Waals surface area contributed by atoms with Crippen LogP contribution in [0.3, 0.4) is 0 Å². The molecule has 8 nitrogen and oxygen atoms in total. The molecule has 1 fully saturated rings. The summed E-state index contributed by atoms with van der Waals surface area (Å²) in [6.45, 7) is -0.140. The molecule has 1 heterocycles. The predicted molar refractivity (Wildman–Crippen MR) is 83.0 cm³/mol. The third kappa shape index (κ3) is 5.30. The van der Waals surface area contributed by atoms with Crippen molar-refractivity contribution in [2.75, 3.05) is 13.2 Å². The Labute approximate surface area is 143 Å². The first-order valence-corrected chi connectivity index (χ1v) is 7.52. The van der Waals surface area contributed by atoms with Crippen molar-refractivity contribution in [2.45, 2.75) is 30.8 Å². The minimum absolute atomic E-state index is 0.0475. The Bertz CT molecular complexity index is 644. The van der Waals surface area contributed by atoms with Gasteiger partial charge in [0.15, 0.2) is 0 Å². The zero-order valence-corrected chi connectivity index (χ0v) is 13.2. The van der Waals surface area contributed by atoms with Gasteiger partial charge in [-0.1, -0.05) is 11.8 Å². The number of urea groups is 1. The third-order valence-corrected chi connectivity index (χ3v) is 3.54. The summed E-state index contributed by atoms with van der Waals surface area (Å²) in [5.74, 6) is 5.24. The van der Waals surface area contributed by atoms with Crippen LogP contribution in [0.1, 0.15) is 6.42 Å². The first kappa shape index (κ1) is 19.0. The zero-order valence-electron chi connectivity index (χ0n) is 13.2. The van der Waals surface area contributed by atoms with E-state index in [1.807, 2.05) is 0 Å². The van der Waals surface area contributed by atoms with Crippen LogP contribution in [0, 0.1) is 17.7 Å². The number of aliphatic hydroxyl groups excluding tert-OH is 2. The number of benzene rings is 1. The number of nitrogens with zero attached hydrogens (tertiary/aromatic N) is 1. The molecule has 0 aliphatic carbocycles. The quantitative estimate of drug-likeness (QED) is 0.331. The van der Waals surface area contributed by atoms with Crippen molar-refractivity contribution in [3.63, 3.8) is 0 Å². The number of carbonyl (C=O) groups is 1. The van der Waals surface area contributed by atoms with Crippen molar-refractivity contribution < 1.29 is 34.1 Å². The molecule has 0 saturated carbocycles. The summed E-state index contributed by atoms with van der Waals surface area (Å²) in [5, 5.41) is 29.3. The van der Waals surface area contributed by atoms with Gasteiger partial charge in [-0.3, -0.25) is 5.21 Å². The first-order valence-electron chi connectivity index (χ1n) is 7.52. The van der Waals surface area contributed by atoms with E-state index in [4.69, 9.17) is 20.4 Å². The lowest BCUT2D eigenvalue weighted by Gasteiger charge is -2.15. The SMILES string of the molecule is NC(=O)N(O)CCC#C[C@H]1O[C@H](COc2ccc(F)cc2)[C@H](O)[C@@H]1O. The van der Waals surface area contributed by atoms with Gasteiger partial charge in [-0.2, -0.15) is 0 Å². The van der Waals surface area contributed by atoms with Crippen LogP contribution in [0.15, 0.2) is 24.3 Å². The van der Waals surface area contributed by atoms with Crippen molar-refractivity contribution in [3.8, 4) is 17.6 Å². The molecule has 1 aliphatic heterocycles. The molecule has 4 atom stereocenters. The normalized spacial score (nSPS) is 25.1. The second kappa shape index (κ2) is 8.64. The van der Waals surface area contributed by atoms with E-state index in [1.165, 1.54) is 24.3 Å². The lowest BCUT2D eigenvalue weighted by Crippen LogP contribution is -2.34. The summed E-state index contributed by atoms with van der Waals surface area (Å²) in [4.78, 5) is 10.6. The van der Waals surface area contributed by atoms with Gasteiger partial charge in [-0.05, 0) is 24.3 Å². The van der Waals surface area contributed by atoms with Crippen molar-refractivity contribution in [1.82, 2.24) is 5.06 Å². The first-order chi connectivity index (χ1) is 11.9. The second-order valence-corrected chi connectivity index (χ2v) is 5.37. The van der Waals surface area contributed by atoms with Crippen molar-refractivity contribution >= 4 is 6.03 Å². The van der Waals surface area contributed by atoms with E-state index in [1.54, 1.807) is 0 Å². The molecular weight excluding hydrogens is 335 g/mol. The largest absolute Gasteiger partial charge is 0.491 e. The molecule has 2 amide bonds. The number of halogens is 1. The highest BCUT2D eigenvalue weighted by molar-refractivity contribution is 5.70. The van der Waals surface area contributed by atoms with Crippen LogP contribution in [0.2, 0.25) is 0 Å². The van der Waals surface area contributed by atoms with Gasteiger partial charge in [0.25, 0.3) is 0 Å². The Morgan fingerprint density at radius 1 is 1.32 bits per heavy atom. The molecule has 5 N–H and O–H groups in total. The zero-order chi connectivity index (χ0) is 18.4. The average Bonchev–Trinajstić information content (AvgIpc) is 2.86. The van der Waals surface area contributed by atoms with E-state index in [2.05, 4.69) is 11.8 Å². The molecule has 1 aromatic carbocycles. The summed E-state index contributed by atoms with van der Waals surface area (Å²) in [6, 6.07) is 4.35. The molecule has 136 valence electrons. The third-order valence-electron chi connectivity index (χ3n) is 3.54. The average molecular weight is 354 g/mol. The number of rotatable bonds is 5.